The van der Waals surface area contributed by atoms with Crippen LogP contribution in [0.25, 0.3) is 4.13 Å². The Hall–Kier alpha value is -1.98. The van der Waals surface area contributed by atoms with Gasteiger partial charge in [0.25, 0.3) is 19.7 Å². The Morgan fingerprint density at radius 2 is 0.610 bits per heavy atom. The molecule has 0 unspecified atom stereocenters. The number of hydrogen-bond acceptors (Lipinski definition) is 16. The smallest absolute Gasteiger partial charge is 0.379 e. The summed E-state index contributed by atoms with van der Waals surface area (Å²) in [6, 6.07) is 0. The summed E-state index contributed by atoms with van der Waals surface area (Å²) in [6.07, 6.45) is -13.8. The van der Waals surface area contributed by atoms with Crippen molar-refractivity contribution in [2.75, 3.05) is 15.3 Å². The summed E-state index contributed by atoms with van der Waals surface area (Å²) >= 11 is 0. The zero-order chi connectivity index (χ0) is 48.8. The van der Waals surface area contributed by atoms with Crippen LogP contribution in [0, 0.1) is 0 Å². The predicted octanol–water partition coefficient (Wildman–Crippen LogP) is 3.29. The highest BCUT2D eigenvalue weighted by Crippen LogP contribution is 2.50. The third-order valence-electron chi connectivity index (χ3n) is 4.38. The fraction of sp³-hybridized carbons (Fsp3) is 1.00. The van der Waals surface area contributed by atoms with Gasteiger partial charge < -0.3 is 4.13 Å². The maximum absolute atomic E-state index is 12.4. The van der Waals surface area contributed by atoms with Gasteiger partial charge in [0.2, 0.25) is 60.2 Å². The van der Waals surface area contributed by atoms with Crippen LogP contribution in [0.3, 0.4) is 0 Å². The SMILES string of the molecule is C.O=S(=O)(CS(=O)(=O)C(F)(F)C(F)(F)F)C(F)(F)C(F)(F)F.O=S(=O)(CS(=O)(=O)C(F)(F)F)C(F)(F)F.O=S(=O)(F)[N-]S(=O)(=O)F.O=S1(=O)CS(=O)(=O)C(F)(F)C1(F)F. The molecule has 59 heavy (non-hydrogen) atoms. The number of halogens is 22. The Labute approximate surface area is 313 Å². The highest BCUT2D eigenvalue weighted by Gasteiger charge is 2.79. The minimum atomic E-state index is -7.24. The molecule has 1 fully saturated rings. The third kappa shape index (κ3) is 15.4. The lowest BCUT2D eigenvalue weighted by atomic mass is 10.7. The number of hydrogen-bond donors (Lipinski definition) is 0. The first-order valence-electron chi connectivity index (χ1n) is 10.8. The molecular weight excluding hydrogens is 1090 g/mol. The summed E-state index contributed by atoms with van der Waals surface area (Å²) in [6.45, 7) is 0. The van der Waals surface area contributed by atoms with E-state index in [1.165, 1.54) is 0 Å². The average molecular weight is 1100 g/mol. The van der Waals surface area contributed by atoms with Crippen LogP contribution in [0.4, 0.5) is 95.6 Å². The van der Waals surface area contributed by atoms with Crippen LogP contribution in [0.2, 0.25) is 0 Å². The molecule has 0 aromatic rings. The van der Waals surface area contributed by atoms with Crippen molar-refractivity contribution in [2.45, 2.75) is 51.8 Å². The lowest BCUT2D eigenvalue weighted by Crippen LogP contribution is -2.51. The van der Waals surface area contributed by atoms with Gasteiger partial charge in [-0.15, -0.1) is 7.77 Å². The summed E-state index contributed by atoms with van der Waals surface area (Å²) < 4.78 is 422. The zero-order valence-corrected chi connectivity index (χ0v) is 31.2. The van der Waals surface area contributed by atoms with Gasteiger partial charge in [0.05, 0.1) is 0 Å². The van der Waals surface area contributed by atoms with Gasteiger partial charge in [-0.05, 0) is 0 Å². The molecule has 0 saturated carbocycles. The average Bonchev–Trinajstić information content (AvgIpc) is 2.90. The van der Waals surface area contributed by atoms with Gasteiger partial charge in [-0.1, -0.05) is 7.43 Å². The Morgan fingerprint density at radius 1 is 0.424 bits per heavy atom. The molecule has 1 aliphatic heterocycles. The monoisotopic (exact) mass is 1100 g/mol. The van der Waals surface area contributed by atoms with E-state index in [2.05, 4.69) is 0 Å². The van der Waals surface area contributed by atoms with Crippen LogP contribution in [0.15, 0.2) is 0 Å². The molecule has 0 N–H and O–H groups in total. The number of nitrogens with zero attached hydrogens (tertiary/aromatic N) is 1. The topological polar surface area (TPSA) is 287 Å². The van der Waals surface area contributed by atoms with Crippen LogP contribution in [0.5, 0.6) is 0 Å². The minimum Gasteiger partial charge on any atom is -0.379 e. The van der Waals surface area contributed by atoms with Crippen molar-refractivity contribution in [1.82, 2.24) is 0 Å². The van der Waals surface area contributed by atoms with E-state index in [0.29, 0.717) is 0 Å². The molecule has 0 radical (unpaired) electrons. The highest BCUT2D eigenvalue weighted by atomic mass is 32.3. The Balaban J connectivity index is -0.000000354. The molecule has 0 amide bonds. The molecule has 362 valence electrons. The van der Waals surface area contributed by atoms with E-state index in [1.54, 1.807) is 0 Å². The first-order chi connectivity index (χ1) is 24.1. The standard InChI is InChI=1S/C5H2F10O4S2.C3H2F6O4S2.C3H2F4O4S2.CH4.F2NO4S2/c6-2(7,8)4(12,13)20(16,17)1-21(18,19)5(14,15)3(9,10)11;4-2(5,6)14(10,11)1-15(12,13)3(7,8)9;4-2(5)3(6,7)13(10,11)1-12(2,8)9;;1-8(4,5)3-9(2,6)7/h1H2;1H2;1H2;1H4;/q;;;;-1. The van der Waals surface area contributed by atoms with Crippen LogP contribution >= 0.6 is 0 Å². The minimum absolute atomic E-state index is 0. The van der Waals surface area contributed by atoms with Gasteiger partial charge >= 0.3 is 44.4 Å². The summed E-state index contributed by atoms with van der Waals surface area (Å²) in [5.41, 5.74) is -12.1. The van der Waals surface area contributed by atoms with Gasteiger partial charge in [-0.2, -0.15) is 87.8 Å². The maximum Gasteiger partial charge on any atom is 0.498 e. The molecular formula is C12H10F22NO16S8-. The van der Waals surface area contributed by atoms with Crippen LogP contribution in [-0.2, 0) is 79.8 Å². The summed E-state index contributed by atoms with van der Waals surface area (Å²) in [5, 5.41) is -33.7. The van der Waals surface area contributed by atoms with Gasteiger partial charge in [0.15, 0.2) is 15.3 Å². The molecule has 0 aromatic heterocycles. The van der Waals surface area contributed by atoms with Crippen molar-refractivity contribution in [3.63, 3.8) is 0 Å². The van der Waals surface area contributed by atoms with Gasteiger partial charge in [-0.25, -0.2) is 67.3 Å². The second kappa shape index (κ2) is 17.7. The van der Waals surface area contributed by atoms with Crippen LogP contribution < -0.4 is 0 Å². The normalized spacial score (nSPS) is 18.9. The summed E-state index contributed by atoms with van der Waals surface area (Å²) in [7, 11) is -49.6. The number of sulfone groups is 6. The first-order valence-corrected chi connectivity index (χ1v) is 23.4. The fourth-order valence-corrected chi connectivity index (χ4v) is 13.2. The van der Waals surface area contributed by atoms with E-state index in [0.717, 1.165) is 4.13 Å². The van der Waals surface area contributed by atoms with Crippen molar-refractivity contribution >= 4 is 79.8 Å². The van der Waals surface area contributed by atoms with E-state index in [-0.39, 0.29) is 7.43 Å². The second-order valence-corrected chi connectivity index (χ2v) is 24.3. The molecule has 0 spiro atoms. The maximum atomic E-state index is 12.4. The summed E-state index contributed by atoms with van der Waals surface area (Å²) in [4.78, 5) is 0. The Bertz CT molecular complexity index is 2240. The Morgan fingerprint density at radius 3 is 0.712 bits per heavy atom. The van der Waals surface area contributed by atoms with Crippen molar-refractivity contribution < 1.29 is 163 Å². The van der Waals surface area contributed by atoms with Crippen LogP contribution in [-0.4, -0.2) is 127 Å². The van der Waals surface area contributed by atoms with E-state index < -0.39 is 139 Å². The fourth-order valence-electron chi connectivity index (χ4n) is 1.86. The Kier molecular flexibility index (Phi) is 19.0. The first kappa shape index (κ1) is 63.7. The van der Waals surface area contributed by atoms with E-state index in [4.69, 9.17) is 0 Å². The van der Waals surface area contributed by atoms with Crippen LogP contribution in [0.1, 0.15) is 7.43 Å². The quantitative estimate of drug-likeness (QED) is 0.249. The van der Waals surface area contributed by atoms with Gasteiger partial charge in [-0.3, -0.25) is 0 Å². The molecule has 1 rings (SSSR count). The lowest BCUT2D eigenvalue weighted by molar-refractivity contribution is -0.242. The molecule has 1 aliphatic rings. The van der Waals surface area contributed by atoms with Crippen molar-refractivity contribution in [1.29, 1.82) is 0 Å². The van der Waals surface area contributed by atoms with Crippen molar-refractivity contribution in [2.24, 2.45) is 0 Å². The molecule has 0 atom stereocenters. The number of rotatable bonds is 8. The van der Waals surface area contributed by atoms with Gasteiger partial charge in [0, 0.05) is 0 Å². The van der Waals surface area contributed by atoms with E-state index in [1.807, 2.05) is 0 Å². The molecule has 47 heteroatoms. The molecule has 17 nitrogen and oxygen atoms in total. The van der Waals surface area contributed by atoms with Crippen molar-refractivity contribution in [3.05, 3.63) is 4.13 Å². The van der Waals surface area contributed by atoms with E-state index in [9.17, 15) is 163 Å². The molecule has 0 bridgehead atoms. The highest BCUT2D eigenvalue weighted by molar-refractivity contribution is 8.12. The van der Waals surface area contributed by atoms with Gasteiger partial charge in [0.1, 0.15) is 0 Å². The molecule has 1 saturated heterocycles. The number of alkyl halides is 20. The second-order valence-electron chi connectivity index (χ2n) is 8.89. The lowest BCUT2D eigenvalue weighted by Gasteiger charge is -2.23. The predicted molar refractivity (Wildman–Crippen MR) is 142 cm³/mol. The molecule has 0 aromatic carbocycles. The van der Waals surface area contributed by atoms with E-state index >= 15 is 0 Å². The largest absolute Gasteiger partial charge is 0.498 e. The summed E-state index contributed by atoms with van der Waals surface area (Å²) in [5.74, 6) is 0. The third-order valence-corrected chi connectivity index (χ3v) is 18.9. The molecule has 0 aliphatic carbocycles. The zero-order valence-electron chi connectivity index (χ0n) is 24.7. The van der Waals surface area contributed by atoms with Crippen molar-refractivity contribution in [3.8, 4) is 0 Å². The molecule has 1 heterocycles.